The Morgan fingerprint density at radius 1 is 1.54 bits per heavy atom. The molecular weight excluding hydrogens is 168 g/mol. The number of hydrogen-bond acceptors (Lipinski definition) is 3. The van der Waals surface area contributed by atoms with E-state index in [-0.39, 0.29) is 11.7 Å². The van der Waals surface area contributed by atoms with E-state index in [4.69, 9.17) is 5.73 Å². The Hall–Kier alpha value is -2.04. The lowest BCUT2D eigenvalue weighted by Gasteiger charge is -1.92. The first-order valence-corrected chi connectivity index (χ1v) is 3.76. The van der Waals surface area contributed by atoms with Crippen LogP contribution in [0.3, 0.4) is 0 Å². The van der Waals surface area contributed by atoms with Crippen LogP contribution in [-0.2, 0) is 4.79 Å². The zero-order valence-corrected chi connectivity index (χ0v) is 6.74. The Balaban J connectivity index is 2.35. The number of carbonyl (C=O) groups is 1. The number of aromatic amines is 1. The molecule has 5 heteroatoms. The summed E-state index contributed by atoms with van der Waals surface area (Å²) in [5.41, 5.74) is 8.96. The summed E-state index contributed by atoms with van der Waals surface area (Å²) >= 11 is 0. The SMILES string of the molecule is NC1=NNC(=O)C1=Cc1ccc[nH]1. The summed E-state index contributed by atoms with van der Waals surface area (Å²) in [4.78, 5) is 14.1. The summed E-state index contributed by atoms with van der Waals surface area (Å²) in [7, 11) is 0. The number of carbonyl (C=O) groups excluding carboxylic acids is 1. The van der Waals surface area contributed by atoms with E-state index < -0.39 is 0 Å². The lowest BCUT2D eigenvalue weighted by molar-refractivity contribution is -0.116. The number of amidine groups is 1. The van der Waals surface area contributed by atoms with E-state index in [9.17, 15) is 4.79 Å². The largest absolute Gasteiger partial charge is 0.382 e. The van der Waals surface area contributed by atoms with Crippen LogP contribution in [0.2, 0.25) is 0 Å². The molecule has 0 saturated carbocycles. The standard InChI is InChI=1S/C8H8N4O/c9-7-6(8(13)12-11-7)4-5-2-1-3-10-5/h1-4,10H,(H2,9,11)(H,12,13). The molecule has 5 nitrogen and oxygen atoms in total. The van der Waals surface area contributed by atoms with E-state index in [0.717, 1.165) is 5.69 Å². The van der Waals surface area contributed by atoms with E-state index in [0.29, 0.717) is 5.57 Å². The number of aromatic nitrogens is 1. The van der Waals surface area contributed by atoms with Crippen molar-refractivity contribution in [2.45, 2.75) is 0 Å². The van der Waals surface area contributed by atoms with Gasteiger partial charge in [-0.25, -0.2) is 5.43 Å². The summed E-state index contributed by atoms with van der Waals surface area (Å²) in [6.07, 6.45) is 3.42. The first-order valence-electron chi connectivity index (χ1n) is 3.76. The van der Waals surface area contributed by atoms with Gasteiger partial charge in [-0.1, -0.05) is 0 Å². The van der Waals surface area contributed by atoms with Crippen molar-refractivity contribution in [2.24, 2.45) is 10.8 Å². The van der Waals surface area contributed by atoms with Gasteiger partial charge in [0.2, 0.25) is 0 Å². The Labute approximate surface area is 74.3 Å². The molecule has 0 unspecified atom stereocenters. The van der Waals surface area contributed by atoms with Gasteiger partial charge in [0.1, 0.15) is 0 Å². The van der Waals surface area contributed by atoms with E-state index in [1.165, 1.54) is 0 Å². The maximum absolute atomic E-state index is 11.1. The van der Waals surface area contributed by atoms with Crippen molar-refractivity contribution in [3.63, 3.8) is 0 Å². The summed E-state index contributed by atoms with van der Waals surface area (Å²) in [6, 6.07) is 3.68. The second-order valence-corrected chi connectivity index (χ2v) is 2.62. The fourth-order valence-electron chi connectivity index (χ4n) is 1.08. The Morgan fingerprint density at radius 2 is 2.38 bits per heavy atom. The van der Waals surface area contributed by atoms with Crippen molar-refractivity contribution in [2.75, 3.05) is 0 Å². The molecule has 66 valence electrons. The van der Waals surface area contributed by atoms with Gasteiger partial charge in [-0.05, 0) is 18.2 Å². The summed E-state index contributed by atoms with van der Waals surface area (Å²) in [5, 5.41) is 3.59. The number of nitrogens with zero attached hydrogens (tertiary/aromatic N) is 1. The van der Waals surface area contributed by atoms with Crippen LogP contribution in [0, 0.1) is 0 Å². The molecule has 0 spiro atoms. The third kappa shape index (κ3) is 1.31. The van der Waals surface area contributed by atoms with E-state index >= 15 is 0 Å². The van der Waals surface area contributed by atoms with Gasteiger partial charge < -0.3 is 10.7 Å². The lowest BCUT2D eigenvalue weighted by Crippen LogP contribution is -2.16. The minimum atomic E-state index is -0.271. The molecule has 2 rings (SSSR count). The fraction of sp³-hybridized carbons (Fsp3) is 0. The zero-order valence-electron chi connectivity index (χ0n) is 6.74. The van der Waals surface area contributed by atoms with Crippen LogP contribution in [0.15, 0.2) is 29.0 Å². The number of H-pyrrole nitrogens is 1. The van der Waals surface area contributed by atoms with Gasteiger partial charge in [0.25, 0.3) is 5.91 Å². The van der Waals surface area contributed by atoms with E-state index in [1.807, 2.05) is 12.1 Å². The third-order valence-electron chi connectivity index (χ3n) is 1.72. The van der Waals surface area contributed by atoms with Gasteiger partial charge in [0.05, 0.1) is 5.57 Å². The molecule has 1 aliphatic rings. The van der Waals surface area contributed by atoms with Gasteiger partial charge in [0.15, 0.2) is 5.84 Å². The van der Waals surface area contributed by atoms with Gasteiger partial charge in [0, 0.05) is 11.9 Å². The quantitative estimate of drug-likeness (QED) is 0.518. The molecule has 0 aliphatic carbocycles. The number of hydrogen-bond donors (Lipinski definition) is 3. The maximum Gasteiger partial charge on any atom is 0.275 e. The lowest BCUT2D eigenvalue weighted by atomic mass is 10.2. The van der Waals surface area contributed by atoms with E-state index in [2.05, 4.69) is 15.5 Å². The van der Waals surface area contributed by atoms with Crippen molar-refractivity contribution in [3.05, 3.63) is 29.6 Å². The average Bonchev–Trinajstić information content (AvgIpc) is 2.70. The predicted molar refractivity (Wildman–Crippen MR) is 48.5 cm³/mol. The summed E-state index contributed by atoms with van der Waals surface area (Å²) in [5.74, 6) is -0.0494. The van der Waals surface area contributed by atoms with Gasteiger partial charge in [-0.2, -0.15) is 5.10 Å². The van der Waals surface area contributed by atoms with Crippen molar-refractivity contribution >= 4 is 17.8 Å². The molecule has 1 aliphatic heterocycles. The zero-order chi connectivity index (χ0) is 9.26. The van der Waals surface area contributed by atoms with E-state index in [1.54, 1.807) is 12.3 Å². The molecular formula is C8H8N4O. The predicted octanol–water partition coefficient (Wildman–Crippen LogP) is -0.200. The highest BCUT2D eigenvalue weighted by molar-refractivity contribution is 6.26. The molecule has 1 aromatic heterocycles. The van der Waals surface area contributed by atoms with Crippen LogP contribution in [0.4, 0.5) is 0 Å². The Morgan fingerprint density at radius 3 is 2.92 bits per heavy atom. The summed E-state index contributed by atoms with van der Waals surface area (Å²) in [6.45, 7) is 0. The van der Waals surface area contributed by atoms with Gasteiger partial charge >= 0.3 is 0 Å². The average molecular weight is 176 g/mol. The first-order chi connectivity index (χ1) is 6.27. The Bertz CT molecular complexity index is 388. The summed E-state index contributed by atoms with van der Waals surface area (Å²) < 4.78 is 0. The van der Waals surface area contributed by atoms with Crippen molar-refractivity contribution < 1.29 is 4.79 Å². The fourth-order valence-corrected chi connectivity index (χ4v) is 1.08. The van der Waals surface area contributed by atoms with Crippen LogP contribution in [0.25, 0.3) is 6.08 Å². The molecule has 0 radical (unpaired) electrons. The number of rotatable bonds is 1. The first kappa shape index (κ1) is 7.60. The van der Waals surface area contributed by atoms with Crippen LogP contribution >= 0.6 is 0 Å². The van der Waals surface area contributed by atoms with Gasteiger partial charge in [-0.3, -0.25) is 4.79 Å². The highest BCUT2D eigenvalue weighted by Gasteiger charge is 2.19. The highest BCUT2D eigenvalue weighted by atomic mass is 16.2. The van der Waals surface area contributed by atoms with Crippen LogP contribution in [0.5, 0.6) is 0 Å². The molecule has 1 amide bonds. The molecule has 4 N–H and O–H groups in total. The van der Waals surface area contributed by atoms with Crippen LogP contribution < -0.4 is 11.2 Å². The maximum atomic E-state index is 11.1. The highest BCUT2D eigenvalue weighted by Crippen LogP contribution is 2.07. The van der Waals surface area contributed by atoms with Crippen molar-refractivity contribution in [1.82, 2.24) is 10.4 Å². The van der Waals surface area contributed by atoms with Crippen LogP contribution in [0.1, 0.15) is 5.69 Å². The van der Waals surface area contributed by atoms with Gasteiger partial charge in [-0.15, -0.1) is 0 Å². The number of hydrazone groups is 1. The van der Waals surface area contributed by atoms with Crippen LogP contribution in [-0.4, -0.2) is 16.7 Å². The number of nitrogens with one attached hydrogen (secondary N) is 2. The molecule has 0 atom stereocenters. The minimum absolute atomic E-state index is 0.222. The number of nitrogens with two attached hydrogens (primary N) is 1. The smallest absolute Gasteiger partial charge is 0.275 e. The second-order valence-electron chi connectivity index (χ2n) is 2.62. The topological polar surface area (TPSA) is 83.3 Å². The third-order valence-corrected chi connectivity index (χ3v) is 1.72. The second kappa shape index (κ2) is 2.78. The molecule has 0 saturated heterocycles. The molecule has 0 fully saturated rings. The van der Waals surface area contributed by atoms with Crippen molar-refractivity contribution in [3.8, 4) is 0 Å². The minimum Gasteiger partial charge on any atom is -0.382 e. The molecule has 0 bridgehead atoms. The Kier molecular flexibility index (Phi) is 1.63. The molecule has 13 heavy (non-hydrogen) atoms. The normalized spacial score (nSPS) is 18.9. The number of amides is 1. The molecule has 2 heterocycles. The molecule has 1 aromatic rings. The molecule has 0 aromatic carbocycles. The monoisotopic (exact) mass is 176 g/mol. The van der Waals surface area contributed by atoms with Crippen molar-refractivity contribution in [1.29, 1.82) is 0 Å².